The van der Waals surface area contributed by atoms with E-state index in [4.69, 9.17) is 0 Å². The molecule has 0 aliphatic heterocycles. The smallest absolute Gasteiger partial charge is 0.157 e. The van der Waals surface area contributed by atoms with E-state index >= 15 is 0 Å². The van der Waals surface area contributed by atoms with Crippen LogP contribution < -0.4 is 0 Å². The average molecular weight is 203 g/mol. The van der Waals surface area contributed by atoms with E-state index < -0.39 is 6.10 Å². The largest absolute Gasteiger partial charge is 0.380 e. The predicted molar refractivity (Wildman–Crippen MR) is 56.4 cm³/mol. The third-order valence-electron chi connectivity index (χ3n) is 2.25. The summed E-state index contributed by atoms with van der Waals surface area (Å²) in [5.41, 5.74) is 3.09. The van der Waals surface area contributed by atoms with E-state index in [0.717, 1.165) is 16.7 Å². The van der Waals surface area contributed by atoms with Gasteiger partial charge in [-0.25, -0.2) is 4.98 Å². The monoisotopic (exact) mass is 203 g/mol. The number of aliphatic hydroxyl groups excluding tert-OH is 1. The van der Waals surface area contributed by atoms with Crippen LogP contribution in [0.5, 0.6) is 0 Å². The molecule has 1 atom stereocenters. The van der Waals surface area contributed by atoms with Crippen molar-refractivity contribution >= 4 is 0 Å². The van der Waals surface area contributed by atoms with Gasteiger partial charge in [-0.3, -0.25) is 5.10 Å². The first-order chi connectivity index (χ1) is 7.16. The highest BCUT2D eigenvalue weighted by Crippen LogP contribution is 2.20. The summed E-state index contributed by atoms with van der Waals surface area (Å²) in [6, 6.07) is 5.96. The Balaban J connectivity index is 2.37. The summed E-state index contributed by atoms with van der Waals surface area (Å²) in [4.78, 5) is 3.94. The highest BCUT2D eigenvalue weighted by Gasteiger charge is 2.13. The third-order valence-corrected chi connectivity index (χ3v) is 2.25. The molecule has 0 aliphatic carbocycles. The summed E-state index contributed by atoms with van der Waals surface area (Å²) in [6.07, 6.45) is 0.660. The van der Waals surface area contributed by atoms with Crippen LogP contribution >= 0.6 is 0 Å². The molecule has 0 radical (unpaired) electrons. The van der Waals surface area contributed by atoms with E-state index in [9.17, 15) is 5.11 Å². The molecule has 1 aromatic heterocycles. The lowest BCUT2D eigenvalue weighted by atomic mass is 10.0. The molecule has 0 bridgehead atoms. The Morgan fingerprint density at radius 1 is 1.20 bits per heavy atom. The zero-order valence-electron chi connectivity index (χ0n) is 8.73. The van der Waals surface area contributed by atoms with Gasteiger partial charge >= 0.3 is 0 Å². The van der Waals surface area contributed by atoms with Gasteiger partial charge in [0.25, 0.3) is 0 Å². The minimum Gasteiger partial charge on any atom is -0.380 e. The molecular formula is C11H13N3O. The summed E-state index contributed by atoms with van der Waals surface area (Å²) >= 11 is 0. The minimum atomic E-state index is -0.730. The standard InChI is InChI=1S/C11H13N3O/c1-7-3-8(2)5-9(4-7)10(15)11-12-6-13-14-11/h3-6,10,15H,1-2H3,(H,12,13,14). The van der Waals surface area contributed by atoms with Gasteiger partial charge in [0.15, 0.2) is 5.82 Å². The van der Waals surface area contributed by atoms with Gasteiger partial charge < -0.3 is 5.11 Å². The summed E-state index contributed by atoms with van der Waals surface area (Å²) in [6.45, 7) is 4.01. The first-order valence-corrected chi connectivity index (χ1v) is 4.78. The van der Waals surface area contributed by atoms with Gasteiger partial charge in [0.1, 0.15) is 12.4 Å². The molecule has 1 heterocycles. The number of aromatic amines is 1. The topological polar surface area (TPSA) is 61.8 Å². The van der Waals surface area contributed by atoms with Crippen LogP contribution in [0.15, 0.2) is 24.5 Å². The second-order valence-corrected chi connectivity index (χ2v) is 3.69. The van der Waals surface area contributed by atoms with E-state index in [1.807, 2.05) is 26.0 Å². The van der Waals surface area contributed by atoms with Gasteiger partial charge in [-0.2, -0.15) is 5.10 Å². The number of nitrogens with one attached hydrogen (secondary N) is 1. The Morgan fingerprint density at radius 2 is 1.87 bits per heavy atom. The number of rotatable bonds is 2. The Morgan fingerprint density at radius 3 is 2.40 bits per heavy atom. The quantitative estimate of drug-likeness (QED) is 0.777. The highest BCUT2D eigenvalue weighted by atomic mass is 16.3. The second-order valence-electron chi connectivity index (χ2n) is 3.69. The van der Waals surface area contributed by atoms with Gasteiger partial charge in [0.2, 0.25) is 0 Å². The van der Waals surface area contributed by atoms with Gasteiger partial charge in [-0.05, 0) is 19.4 Å². The number of aromatic nitrogens is 3. The van der Waals surface area contributed by atoms with Gasteiger partial charge in [0, 0.05) is 0 Å². The number of hydrogen-bond acceptors (Lipinski definition) is 3. The van der Waals surface area contributed by atoms with Crippen molar-refractivity contribution in [3.8, 4) is 0 Å². The molecule has 0 spiro atoms. The minimum absolute atomic E-state index is 0.472. The summed E-state index contributed by atoms with van der Waals surface area (Å²) < 4.78 is 0. The summed E-state index contributed by atoms with van der Waals surface area (Å²) in [5.74, 6) is 0.472. The highest BCUT2D eigenvalue weighted by molar-refractivity contribution is 5.32. The molecule has 1 unspecified atom stereocenters. The van der Waals surface area contributed by atoms with Crippen LogP contribution in [-0.4, -0.2) is 20.3 Å². The van der Waals surface area contributed by atoms with Crippen LogP contribution in [0.2, 0.25) is 0 Å². The fraction of sp³-hybridized carbons (Fsp3) is 0.273. The number of nitrogens with zero attached hydrogens (tertiary/aromatic N) is 2. The number of benzene rings is 1. The second kappa shape index (κ2) is 3.82. The molecule has 4 nitrogen and oxygen atoms in total. The predicted octanol–water partition coefficient (Wildman–Crippen LogP) is 1.50. The molecule has 15 heavy (non-hydrogen) atoms. The number of aryl methyl sites for hydroxylation is 2. The molecule has 78 valence electrons. The van der Waals surface area contributed by atoms with Crippen LogP contribution in [0.1, 0.15) is 28.6 Å². The number of aliphatic hydroxyl groups is 1. The molecule has 2 rings (SSSR count). The van der Waals surface area contributed by atoms with E-state index in [1.54, 1.807) is 0 Å². The Kier molecular flexibility index (Phi) is 2.51. The molecular weight excluding hydrogens is 190 g/mol. The molecule has 2 aromatic rings. The molecule has 0 fully saturated rings. The van der Waals surface area contributed by atoms with Crippen molar-refractivity contribution < 1.29 is 5.11 Å². The van der Waals surface area contributed by atoms with Crippen molar-refractivity contribution in [2.24, 2.45) is 0 Å². The van der Waals surface area contributed by atoms with Crippen molar-refractivity contribution in [1.82, 2.24) is 15.2 Å². The maximum absolute atomic E-state index is 10.00. The van der Waals surface area contributed by atoms with E-state index in [1.165, 1.54) is 6.33 Å². The van der Waals surface area contributed by atoms with Crippen molar-refractivity contribution in [2.45, 2.75) is 20.0 Å². The molecule has 0 amide bonds. The van der Waals surface area contributed by atoms with Crippen LogP contribution in [0.4, 0.5) is 0 Å². The van der Waals surface area contributed by atoms with Gasteiger partial charge in [-0.15, -0.1) is 0 Å². The van der Waals surface area contributed by atoms with Crippen molar-refractivity contribution in [1.29, 1.82) is 0 Å². The van der Waals surface area contributed by atoms with E-state index in [-0.39, 0.29) is 0 Å². The number of H-pyrrole nitrogens is 1. The maximum atomic E-state index is 10.00. The summed E-state index contributed by atoms with van der Waals surface area (Å²) in [7, 11) is 0. The molecule has 0 saturated carbocycles. The summed E-state index contributed by atoms with van der Waals surface area (Å²) in [5, 5.41) is 16.4. The van der Waals surface area contributed by atoms with Gasteiger partial charge in [0.05, 0.1) is 0 Å². The number of hydrogen-bond donors (Lipinski definition) is 2. The molecule has 1 aromatic carbocycles. The molecule has 0 aliphatic rings. The first-order valence-electron chi connectivity index (χ1n) is 4.78. The van der Waals surface area contributed by atoms with Crippen LogP contribution in [-0.2, 0) is 0 Å². The lowest BCUT2D eigenvalue weighted by Crippen LogP contribution is -2.02. The third kappa shape index (κ3) is 2.05. The van der Waals surface area contributed by atoms with Crippen LogP contribution in [0, 0.1) is 13.8 Å². The fourth-order valence-electron chi connectivity index (χ4n) is 1.67. The Hall–Kier alpha value is -1.68. The van der Waals surface area contributed by atoms with Crippen molar-refractivity contribution in [2.75, 3.05) is 0 Å². The Bertz CT molecular complexity index is 431. The molecule has 4 heteroatoms. The van der Waals surface area contributed by atoms with Crippen LogP contribution in [0.3, 0.4) is 0 Å². The average Bonchev–Trinajstić information content (AvgIpc) is 2.67. The van der Waals surface area contributed by atoms with Crippen molar-refractivity contribution in [3.63, 3.8) is 0 Å². The molecule has 2 N–H and O–H groups in total. The van der Waals surface area contributed by atoms with E-state index in [2.05, 4.69) is 21.2 Å². The molecule has 0 saturated heterocycles. The lowest BCUT2D eigenvalue weighted by molar-refractivity contribution is 0.210. The fourth-order valence-corrected chi connectivity index (χ4v) is 1.67. The lowest BCUT2D eigenvalue weighted by Gasteiger charge is -2.09. The SMILES string of the molecule is Cc1cc(C)cc(C(O)c2ncn[nH]2)c1. The maximum Gasteiger partial charge on any atom is 0.157 e. The normalized spacial score (nSPS) is 12.7. The van der Waals surface area contributed by atoms with Crippen LogP contribution in [0.25, 0.3) is 0 Å². The van der Waals surface area contributed by atoms with Gasteiger partial charge in [-0.1, -0.05) is 29.3 Å². The Labute approximate surface area is 88.0 Å². The zero-order chi connectivity index (χ0) is 10.8. The van der Waals surface area contributed by atoms with Crippen molar-refractivity contribution in [3.05, 3.63) is 47.0 Å². The van der Waals surface area contributed by atoms with E-state index in [0.29, 0.717) is 5.82 Å². The zero-order valence-corrected chi connectivity index (χ0v) is 8.73. The first kappa shape index (κ1) is 9.86.